The van der Waals surface area contributed by atoms with Gasteiger partial charge in [0.05, 0.1) is 5.75 Å². The molecule has 1 aromatic carbocycles. The maximum atomic E-state index is 13.4. The molecule has 0 radical (unpaired) electrons. The summed E-state index contributed by atoms with van der Waals surface area (Å²) in [5.41, 5.74) is -0.593. The van der Waals surface area contributed by atoms with Crippen molar-refractivity contribution in [2.24, 2.45) is 5.41 Å². The van der Waals surface area contributed by atoms with Crippen LogP contribution in [0.2, 0.25) is 0 Å². The molecule has 0 aliphatic heterocycles. The molecule has 1 rings (SSSR count). The van der Waals surface area contributed by atoms with E-state index in [1.54, 1.807) is 39.0 Å². The van der Waals surface area contributed by atoms with Crippen molar-refractivity contribution < 1.29 is 19.1 Å². The molecule has 0 spiro atoms. The van der Waals surface area contributed by atoms with Gasteiger partial charge < -0.3 is 10.4 Å². The van der Waals surface area contributed by atoms with Crippen molar-refractivity contribution in [3.8, 4) is 0 Å². The van der Waals surface area contributed by atoms with Gasteiger partial charge >= 0.3 is 5.97 Å². The fraction of sp³-hybridized carbons (Fsp3) is 0.429. The summed E-state index contributed by atoms with van der Waals surface area (Å²) in [5.74, 6) is -1.93. The molecule has 1 aromatic rings. The number of halogens is 1. The summed E-state index contributed by atoms with van der Waals surface area (Å²) < 4.78 is 13.4. The Hall–Kier alpha value is -1.56. The van der Waals surface area contributed by atoms with Crippen LogP contribution in [0.4, 0.5) is 4.39 Å². The van der Waals surface area contributed by atoms with Gasteiger partial charge in [-0.25, -0.2) is 9.18 Å². The second kappa shape index (κ2) is 6.74. The SMILES string of the molecule is CC(C)(C)[C@@H](NC(=O)CSc1ccccc1F)C(=O)O. The average Bonchev–Trinajstić information content (AvgIpc) is 2.33. The minimum atomic E-state index is -1.08. The smallest absolute Gasteiger partial charge is 0.326 e. The van der Waals surface area contributed by atoms with Crippen LogP contribution in [-0.4, -0.2) is 28.8 Å². The summed E-state index contributed by atoms with van der Waals surface area (Å²) >= 11 is 1.04. The van der Waals surface area contributed by atoms with Gasteiger partial charge in [-0.05, 0) is 17.5 Å². The minimum Gasteiger partial charge on any atom is -0.480 e. The van der Waals surface area contributed by atoms with Crippen molar-refractivity contribution in [2.75, 3.05) is 5.75 Å². The third-order valence-corrected chi connectivity index (χ3v) is 3.66. The van der Waals surface area contributed by atoms with Crippen LogP contribution < -0.4 is 5.32 Å². The molecule has 0 saturated heterocycles. The highest BCUT2D eigenvalue weighted by Crippen LogP contribution is 2.22. The number of nitrogens with one attached hydrogen (secondary N) is 1. The highest BCUT2D eigenvalue weighted by atomic mass is 32.2. The Bertz CT molecular complexity index is 499. The van der Waals surface area contributed by atoms with Gasteiger partial charge in [-0.1, -0.05) is 32.9 Å². The van der Waals surface area contributed by atoms with Crippen LogP contribution in [0.3, 0.4) is 0 Å². The third kappa shape index (κ3) is 4.85. The number of carboxylic acid groups (broad SMARTS) is 1. The zero-order valence-electron chi connectivity index (χ0n) is 11.6. The standard InChI is InChI=1S/C14H18FNO3S/c1-14(2,3)12(13(18)19)16-11(17)8-20-10-7-5-4-6-9(10)15/h4-7,12H,8H2,1-3H3,(H,16,17)(H,18,19)/t12-/m0/s1. The van der Waals surface area contributed by atoms with Gasteiger partial charge in [0, 0.05) is 4.90 Å². The monoisotopic (exact) mass is 299 g/mol. The molecule has 0 aliphatic carbocycles. The van der Waals surface area contributed by atoms with Gasteiger partial charge in [-0.2, -0.15) is 0 Å². The van der Waals surface area contributed by atoms with Gasteiger partial charge in [0.1, 0.15) is 11.9 Å². The Morgan fingerprint density at radius 1 is 1.35 bits per heavy atom. The van der Waals surface area contributed by atoms with Crippen molar-refractivity contribution in [2.45, 2.75) is 31.7 Å². The molecule has 0 unspecified atom stereocenters. The van der Waals surface area contributed by atoms with Crippen LogP contribution in [-0.2, 0) is 9.59 Å². The lowest BCUT2D eigenvalue weighted by Gasteiger charge is -2.27. The summed E-state index contributed by atoms with van der Waals surface area (Å²) in [6.07, 6.45) is 0. The molecule has 1 amide bonds. The fourth-order valence-corrected chi connectivity index (χ4v) is 2.31. The Labute approximate surface area is 121 Å². The molecular formula is C14H18FNO3S. The summed E-state index contributed by atoms with van der Waals surface area (Å²) in [7, 11) is 0. The molecule has 0 aromatic heterocycles. The Morgan fingerprint density at radius 3 is 2.45 bits per heavy atom. The second-order valence-electron chi connectivity index (χ2n) is 5.42. The normalized spacial score (nSPS) is 12.8. The number of rotatable bonds is 5. The first-order valence-electron chi connectivity index (χ1n) is 6.11. The predicted molar refractivity (Wildman–Crippen MR) is 76.1 cm³/mol. The average molecular weight is 299 g/mol. The molecular weight excluding hydrogens is 281 g/mol. The Kier molecular flexibility index (Phi) is 5.56. The first kappa shape index (κ1) is 16.5. The quantitative estimate of drug-likeness (QED) is 0.820. The summed E-state index contributed by atoms with van der Waals surface area (Å²) in [6.45, 7) is 5.20. The van der Waals surface area contributed by atoms with Crippen molar-refractivity contribution in [1.29, 1.82) is 0 Å². The molecule has 4 nitrogen and oxygen atoms in total. The number of thioether (sulfide) groups is 1. The van der Waals surface area contributed by atoms with E-state index in [2.05, 4.69) is 5.32 Å². The topological polar surface area (TPSA) is 66.4 Å². The van der Waals surface area contributed by atoms with Crippen molar-refractivity contribution in [1.82, 2.24) is 5.32 Å². The zero-order valence-corrected chi connectivity index (χ0v) is 12.5. The van der Waals surface area contributed by atoms with E-state index >= 15 is 0 Å². The largest absolute Gasteiger partial charge is 0.480 e. The molecule has 1 atom stereocenters. The fourth-order valence-electron chi connectivity index (χ4n) is 1.56. The molecule has 0 fully saturated rings. The van der Waals surface area contributed by atoms with E-state index in [1.807, 2.05) is 0 Å². The molecule has 20 heavy (non-hydrogen) atoms. The van der Waals surface area contributed by atoms with E-state index in [9.17, 15) is 14.0 Å². The van der Waals surface area contributed by atoms with E-state index in [-0.39, 0.29) is 5.75 Å². The minimum absolute atomic E-state index is 0.0270. The predicted octanol–water partition coefficient (Wildman–Crippen LogP) is 2.53. The first-order chi connectivity index (χ1) is 9.21. The summed E-state index contributed by atoms with van der Waals surface area (Å²) in [4.78, 5) is 23.3. The molecule has 110 valence electrons. The molecule has 0 aliphatic rings. The summed E-state index contributed by atoms with van der Waals surface area (Å²) in [5, 5.41) is 11.6. The summed E-state index contributed by atoms with van der Waals surface area (Å²) in [6, 6.07) is 5.16. The van der Waals surface area contributed by atoms with Crippen LogP contribution in [0.1, 0.15) is 20.8 Å². The van der Waals surface area contributed by atoms with E-state index in [0.29, 0.717) is 4.90 Å². The lowest BCUT2D eigenvalue weighted by atomic mass is 9.87. The van der Waals surface area contributed by atoms with Crippen LogP contribution in [0, 0.1) is 11.2 Å². The van der Waals surface area contributed by atoms with Crippen LogP contribution in [0.5, 0.6) is 0 Å². The number of hydrogen-bond donors (Lipinski definition) is 2. The molecule has 2 N–H and O–H groups in total. The van der Waals surface area contributed by atoms with E-state index in [1.165, 1.54) is 6.07 Å². The molecule has 0 heterocycles. The van der Waals surface area contributed by atoms with Crippen molar-refractivity contribution >= 4 is 23.6 Å². The van der Waals surface area contributed by atoms with Crippen molar-refractivity contribution in [3.05, 3.63) is 30.1 Å². The Balaban J connectivity index is 2.60. The number of hydrogen-bond acceptors (Lipinski definition) is 3. The number of carboxylic acids is 1. The third-order valence-electron chi connectivity index (χ3n) is 2.61. The molecule has 0 saturated carbocycles. The van der Waals surface area contributed by atoms with Gasteiger partial charge in [-0.3, -0.25) is 4.79 Å². The zero-order chi connectivity index (χ0) is 15.3. The van der Waals surface area contributed by atoms with E-state index < -0.39 is 29.2 Å². The van der Waals surface area contributed by atoms with Crippen LogP contribution in [0.15, 0.2) is 29.2 Å². The maximum Gasteiger partial charge on any atom is 0.326 e. The Morgan fingerprint density at radius 2 is 1.95 bits per heavy atom. The number of carbonyl (C=O) groups excluding carboxylic acids is 1. The van der Waals surface area contributed by atoms with Crippen LogP contribution >= 0.6 is 11.8 Å². The maximum absolute atomic E-state index is 13.4. The molecule has 6 heteroatoms. The van der Waals surface area contributed by atoms with Crippen molar-refractivity contribution in [3.63, 3.8) is 0 Å². The highest BCUT2D eigenvalue weighted by Gasteiger charge is 2.32. The number of carbonyl (C=O) groups is 2. The van der Waals surface area contributed by atoms with E-state index in [4.69, 9.17) is 5.11 Å². The molecule has 0 bridgehead atoms. The lowest BCUT2D eigenvalue weighted by molar-refractivity contribution is -0.144. The highest BCUT2D eigenvalue weighted by molar-refractivity contribution is 8.00. The second-order valence-corrected chi connectivity index (χ2v) is 6.44. The number of aliphatic carboxylic acids is 1. The number of amides is 1. The van der Waals surface area contributed by atoms with E-state index in [0.717, 1.165) is 11.8 Å². The lowest BCUT2D eigenvalue weighted by Crippen LogP contribution is -2.49. The van der Waals surface area contributed by atoms with Gasteiger partial charge in [-0.15, -0.1) is 11.8 Å². The number of benzene rings is 1. The first-order valence-corrected chi connectivity index (χ1v) is 7.10. The van der Waals surface area contributed by atoms with Gasteiger partial charge in [0.25, 0.3) is 0 Å². The van der Waals surface area contributed by atoms with Crippen LogP contribution in [0.25, 0.3) is 0 Å². The van der Waals surface area contributed by atoms with Gasteiger partial charge in [0.15, 0.2) is 0 Å². The van der Waals surface area contributed by atoms with Gasteiger partial charge in [0.2, 0.25) is 5.91 Å².